The van der Waals surface area contributed by atoms with Gasteiger partial charge in [-0.15, -0.1) is 0 Å². The van der Waals surface area contributed by atoms with Gasteiger partial charge in [-0.2, -0.15) is 0 Å². The third-order valence-corrected chi connectivity index (χ3v) is 4.38. The van der Waals surface area contributed by atoms with Crippen LogP contribution < -0.4 is 0 Å². The van der Waals surface area contributed by atoms with E-state index in [1.165, 1.54) is 26.4 Å². The summed E-state index contributed by atoms with van der Waals surface area (Å²) in [5.74, 6) is -0.103. The molecule has 0 radical (unpaired) electrons. The van der Waals surface area contributed by atoms with Gasteiger partial charge in [0.25, 0.3) is 0 Å². The molecule has 0 bridgehead atoms. The molecule has 0 aromatic rings. The van der Waals surface area contributed by atoms with Crippen LogP contribution in [0, 0.1) is 0 Å². The van der Waals surface area contributed by atoms with Gasteiger partial charge >= 0.3 is 5.97 Å². The molecule has 4 heteroatoms. The fraction of sp³-hybridized carbons (Fsp3) is 0.923. The van der Waals surface area contributed by atoms with Gasteiger partial charge in [0.15, 0.2) is 0 Å². The lowest BCUT2D eigenvalue weighted by Gasteiger charge is -2.35. The van der Waals surface area contributed by atoms with E-state index in [0.29, 0.717) is 12.6 Å². The van der Waals surface area contributed by atoms with Gasteiger partial charge in [0.05, 0.1) is 13.7 Å². The van der Waals surface area contributed by atoms with Crippen LogP contribution in [0.25, 0.3) is 0 Å². The normalized spacial score (nSPS) is 30.6. The predicted molar refractivity (Wildman–Crippen MR) is 66.9 cm³/mol. The van der Waals surface area contributed by atoms with E-state index in [4.69, 9.17) is 4.74 Å². The maximum Gasteiger partial charge on any atom is 0.319 e. The van der Waals surface area contributed by atoms with E-state index in [1.807, 2.05) is 0 Å². The second kappa shape index (κ2) is 4.94. The molecule has 0 aromatic carbocycles. The number of nitrogens with zero attached hydrogens (tertiary/aromatic N) is 2. The van der Waals surface area contributed by atoms with Crippen LogP contribution in [-0.4, -0.2) is 60.6 Å². The van der Waals surface area contributed by atoms with E-state index >= 15 is 0 Å². The highest BCUT2D eigenvalue weighted by atomic mass is 16.5. The van der Waals surface area contributed by atoms with Gasteiger partial charge in [0.2, 0.25) is 0 Å². The first kappa shape index (κ1) is 12.8. The molecule has 1 spiro atoms. The summed E-state index contributed by atoms with van der Waals surface area (Å²) >= 11 is 0. The molecule has 4 nitrogen and oxygen atoms in total. The van der Waals surface area contributed by atoms with Gasteiger partial charge in [-0.05, 0) is 39.7 Å². The smallest absolute Gasteiger partial charge is 0.319 e. The highest BCUT2D eigenvalue weighted by molar-refractivity contribution is 5.71. The monoisotopic (exact) mass is 240 g/mol. The summed E-state index contributed by atoms with van der Waals surface area (Å²) in [6, 6.07) is 0.606. The molecule has 2 aliphatic heterocycles. The van der Waals surface area contributed by atoms with Crippen LogP contribution in [0.15, 0.2) is 0 Å². The number of methoxy groups -OCH3 is 1. The third-order valence-electron chi connectivity index (χ3n) is 4.38. The Morgan fingerprint density at radius 2 is 2.12 bits per heavy atom. The SMILES string of the molecule is COC(=O)CN1CCCC12CCN(C(C)C)C2. The van der Waals surface area contributed by atoms with Crippen molar-refractivity contribution in [3.05, 3.63) is 0 Å². The van der Waals surface area contributed by atoms with Crippen molar-refractivity contribution >= 4 is 5.97 Å². The molecule has 2 rings (SSSR count). The highest BCUT2D eigenvalue weighted by Crippen LogP contribution is 2.37. The Kier molecular flexibility index (Phi) is 3.73. The van der Waals surface area contributed by atoms with Crippen LogP contribution in [0.2, 0.25) is 0 Å². The summed E-state index contributed by atoms with van der Waals surface area (Å²) in [6.45, 7) is 8.28. The lowest BCUT2D eigenvalue weighted by molar-refractivity contribution is -0.143. The Hall–Kier alpha value is -0.610. The molecule has 2 heterocycles. The lowest BCUT2D eigenvalue weighted by atomic mass is 9.95. The van der Waals surface area contributed by atoms with Gasteiger partial charge in [-0.3, -0.25) is 14.6 Å². The Morgan fingerprint density at radius 3 is 2.71 bits per heavy atom. The predicted octanol–water partition coefficient (Wildman–Crippen LogP) is 1.11. The van der Waals surface area contributed by atoms with E-state index in [-0.39, 0.29) is 11.5 Å². The number of ether oxygens (including phenoxy) is 1. The van der Waals surface area contributed by atoms with E-state index < -0.39 is 0 Å². The van der Waals surface area contributed by atoms with Crippen molar-refractivity contribution < 1.29 is 9.53 Å². The molecule has 0 amide bonds. The number of hydrogen-bond donors (Lipinski definition) is 0. The fourth-order valence-electron chi connectivity index (χ4n) is 3.25. The van der Waals surface area contributed by atoms with Gasteiger partial charge in [-0.25, -0.2) is 0 Å². The minimum absolute atomic E-state index is 0.103. The molecule has 0 aliphatic carbocycles. The molecule has 0 saturated carbocycles. The molecule has 2 aliphatic rings. The second-order valence-electron chi connectivity index (χ2n) is 5.64. The van der Waals surface area contributed by atoms with Crippen molar-refractivity contribution in [2.45, 2.75) is 44.7 Å². The fourth-order valence-corrected chi connectivity index (χ4v) is 3.25. The minimum Gasteiger partial charge on any atom is -0.468 e. The second-order valence-corrected chi connectivity index (χ2v) is 5.64. The summed E-state index contributed by atoms with van der Waals surface area (Å²) in [5.41, 5.74) is 0.248. The zero-order chi connectivity index (χ0) is 12.5. The number of rotatable bonds is 3. The van der Waals surface area contributed by atoms with Crippen LogP contribution >= 0.6 is 0 Å². The van der Waals surface area contributed by atoms with Gasteiger partial charge in [-0.1, -0.05) is 0 Å². The van der Waals surface area contributed by atoms with Crippen molar-refractivity contribution in [1.82, 2.24) is 9.80 Å². The molecular weight excluding hydrogens is 216 g/mol. The molecule has 17 heavy (non-hydrogen) atoms. The number of carbonyl (C=O) groups is 1. The standard InChI is InChI=1S/C13H24N2O2/c1-11(2)14-8-6-13(10-14)5-4-7-15(13)9-12(16)17-3/h11H,4-10H2,1-3H3. The van der Waals surface area contributed by atoms with Crippen LogP contribution in [0.1, 0.15) is 33.1 Å². The largest absolute Gasteiger partial charge is 0.468 e. The number of carbonyl (C=O) groups excluding carboxylic acids is 1. The van der Waals surface area contributed by atoms with Gasteiger partial charge in [0, 0.05) is 24.7 Å². The molecule has 1 unspecified atom stereocenters. The van der Waals surface area contributed by atoms with E-state index in [2.05, 4.69) is 23.6 Å². The summed E-state index contributed by atoms with van der Waals surface area (Å²) in [5, 5.41) is 0. The molecule has 98 valence electrons. The third kappa shape index (κ3) is 2.47. The van der Waals surface area contributed by atoms with Crippen molar-refractivity contribution in [2.24, 2.45) is 0 Å². The molecular formula is C13H24N2O2. The van der Waals surface area contributed by atoms with Crippen molar-refractivity contribution in [1.29, 1.82) is 0 Å². The van der Waals surface area contributed by atoms with Crippen LogP contribution in [0.3, 0.4) is 0 Å². The maximum absolute atomic E-state index is 11.4. The Balaban J connectivity index is 2.01. The number of esters is 1. The summed E-state index contributed by atoms with van der Waals surface area (Å²) < 4.78 is 4.79. The molecule has 1 atom stereocenters. The van der Waals surface area contributed by atoms with Gasteiger partial charge in [0.1, 0.15) is 0 Å². The highest BCUT2D eigenvalue weighted by Gasteiger charge is 2.46. The number of hydrogen-bond acceptors (Lipinski definition) is 4. The zero-order valence-corrected chi connectivity index (χ0v) is 11.2. The Morgan fingerprint density at radius 1 is 1.35 bits per heavy atom. The average Bonchev–Trinajstić information content (AvgIpc) is 2.88. The average molecular weight is 240 g/mol. The maximum atomic E-state index is 11.4. The zero-order valence-electron chi connectivity index (χ0n) is 11.2. The lowest BCUT2D eigenvalue weighted by Crippen LogP contribution is -2.48. The number of likely N-dealkylation sites (tertiary alicyclic amines) is 2. The van der Waals surface area contributed by atoms with E-state index in [0.717, 1.165) is 19.6 Å². The Labute approximate surface area is 104 Å². The summed E-state index contributed by atoms with van der Waals surface area (Å²) in [7, 11) is 1.47. The topological polar surface area (TPSA) is 32.8 Å². The van der Waals surface area contributed by atoms with Crippen LogP contribution in [-0.2, 0) is 9.53 Å². The van der Waals surface area contributed by atoms with Crippen molar-refractivity contribution in [3.8, 4) is 0 Å². The van der Waals surface area contributed by atoms with Crippen LogP contribution in [0.4, 0.5) is 0 Å². The summed E-state index contributed by atoms with van der Waals surface area (Å²) in [6.07, 6.45) is 3.64. The van der Waals surface area contributed by atoms with E-state index in [9.17, 15) is 4.79 Å². The molecule has 2 fully saturated rings. The molecule has 0 aromatic heterocycles. The minimum atomic E-state index is -0.103. The first-order valence-corrected chi connectivity index (χ1v) is 6.63. The molecule has 0 N–H and O–H groups in total. The summed E-state index contributed by atoms with van der Waals surface area (Å²) in [4.78, 5) is 16.3. The molecule has 2 saturated heterocycles. The first-order chi connectivity index (χ1) is 8.07. The van der Waals surface area contributed by atoms with Crippen molar-refractivity contribution in [2.75, 3.05) is 33.3 Å². The van der Waals surface area contributed by atoms with Crippen LogP contribution in [0.5, 0.6) is 0 Å². The van der Waals surface area contributed by atoms with Gasteiger partial charge < -0.3 is 4.74 Å². The quantitative estimate of drug-likeness (QED) is 0.692. The first-order valence-electron chi connectivity index (χ1n) is 6.63. The Bertz CT molecular complexity index is 293. The van der Waals surface area contributed by atoms with Crippen molar-refractivity contribution in [3.63, 3.8) is 0 Å². The van der Waals surface area contributed by atoms with E-state index in [1.54, 1.807) is 0 Å².